The summed E-state index contributed by atoms with van der Waals surface area (Å²) in [6, 6.07) is 9.58. The first-order valence-corrected chi connectivity index (χ1v) is 6.07. The third-order valence-electron chi connectivity index (χ3n) is 2.38. The van der Waals surface area contributed by atoms with Crippen LogP contribution in [0, 0.1) is 6.92 Å². The van der Waals surface area contributed by atoms with Crippen LogP contribution in [0.5, 0.6) is 11.6 Å². The van der Waals surface area contributed by atoms with Gasteiger partial charge in [0.1, 0.15) is 5.75 Å². The van der Waals surface area contributed by atoms with Gasteiger partial charge in [-0.3, -0.25) is 0 Å². The van der Waals surface area contributed by atoms with Gasteiger partial charge in [0.2, 0.25) is 5.88 Å². The predicted octanol–water partition coefficient (Wildman–Crippen LogP) is 3.40. The Morgan fingerprint density at radius 3 is 2.88 bits per heavy atom. The summed E-state index contributed by atoms with van der Waals surface area (Å²) in [7, 11) is 0. The van der Waals surface area contributed by atoms with E-state index in [1.165, 1.54) is 0 Å². The molecule has 0 aliphatic heterocycles. The third kappa shape index (κ3) is 3.05. The quantitative estimate of drug-likeness (QED) is 0.943. The van der Waals surface area contributed by atoms with Crippen LogP contribution in [0.25, 0.3) is 0 Å². The van der Waals surface area contributed by atoms with Crippen molar-refractivity contribution < 1.29 is 4.74 Å². The molecule has 0 aliphatic carbocycles. The zero-order valence-electron chi connectivity index (χ0n) is 9.48. The van der Waals surface area contributed by atoms with Gasteiger partial charge in [-0.2, -0.15) is 0 Å². The maximum atomic E-state index is 5.67. The Labute approximate surface area is 109 Å². The van der Waals surface area contributed by atoms with Crippen LogP contribution >= 0.6 is 15.9 Å². The number of hydrogen-bond acceptors (Lipinski definition) is 3. The number of rotatable bonds is 3. The number of nitrogens with zero attached hydrogens (tertiary/aromatic N) is 1. The fourth-order valence-electron chi connectivity index (χ4n) is 1.43. The first kappa shape index (κ1) is 12.1. The molecule has 0 radical (unpaired) electrons. The van der Waals surface area contributed by atoms with E-state index in [9.17, 15) is 0 Å². The number of benzene rings is 1. The standard InChI is InChI=1S/C13H13BrN2O/c1-9-5-13(16-8-12(9)14)17-11-4-2-3-10(6-11)7-15/h2-6,8H,7,15H2,1H3. The van der Waals surface area contributed by atoms with Crippen molar-refractivity contribution in [3.8, 4) is 11.6 Å². The highest BCUT2D eigenvalue weighted by Gasteiger charge is 2.02. The minimum Gasteiger partial charge on any atom is -0.439 e. The van der Waals surface area contributed by atoms with Crippen molar-refractivity contribution in [1.82, 2.24) is 4.98 Å². The molecule has 0 fully saturated rings. The fraction of sp³-hybridized carbons (Fsp3) is 0.154. The highest BCUT2D eigenvalue weighted by molar-refractivity contribution is 9.10. The summed E-state index contributed by atoms with van der Waals surface area (Å²) in [5.74, 6) is 1.34. The van der Waals surface area contributed by atoms with Gasteiger partial charge in [-0.25, -0.2) is 4.98 Å². The predicted molar refractivity (Wildman–Crippen MR) is 71.1 cm³/mol. The summed E-state index contributed by atoms with van der Waals surface area (Å²) in [6.07, 6.45) is 1.73. The van der Waals surface area contributed by atoms with E-state index in [1.807, 2.05) is 37.3 Å². The van der Waals surface area contributed by atoms with Gasteiger partial charge in [-0.15, -0.1) is 0 Å². The number of halogens is 1. The molecule has 1 aromatic heterocycles. The van der Waals surface area contributed by atoms with Crippen LogP contribution in [0.4, 0.5) is 0 Å². The van der Waals surface area contributed by atoms with Crippen LogP contribution in [-0.4, -0.2) is 4.98 Å². The van der Waals surface area contributed by atoms with E-state index in [1.54, 1.807) is 6.20 Å². The largest absolute Gasteiger partial charge is 0.439 e. The van der Waals surface area contributed by atoms with Gasteiger partial charge in [0.05, 0.1) is 0 Å². The smallest absolute Gasteiger partial charge is 0.219 e. The number of aryl methyl sites for hydroxylation is 1. The second-order valence-electron chi connectivity index (χ2n) is 3.73. The lowest BCUT2D eigenvalue weighted by Gasteiger charge is -2.07. The summed E-state index contributed by atoms with van der Waals surface area (Å²) in [5.41, 5.74) is 7.70. The first-order valence-electron chi connectivity index (χ1n) is 5.28. The zero-order valence-corrected chi connectivity index (χ0v) is 11.1. The Kier molecular flexibility index (Phi) is 3.76. The van der Waals surface area contributed by atoms with Crippen molar-refractivity contribution in [2.75, 3.05) is 0 Å². The molecular weight excluding hydrogens is 280 g/mol. The van der Waals surface area contributed by atoms with Gasteiger partial charge in [-0.05, 0) is 46.1 Å². The summed E-state index contributed by atoms with van der Waals surface area (Å²) in [5, 5.41) is 0. The average Bonchev–Trinajstić information content (AvgIpc) is 2.34. The normalized spacial score (nSPS) is 10.3. The monoisotopic (exact) mass is 292 g/mol. The van der Waals surface area contributed by atoms with E-state index in [2.05, 4.69) is 20.9 Å². The molecule has 0 bridgehead atoms. The Morgan fingerprint density at radius 1 is 1.35 bits per heavy atom. The molecule has 0 spiro atoms. The Balaban J connectivity index is 2.22. The molecule has 0 aliphatic rings. The van der Waals surface area contributed by atoms with E-state index >= 15 is 0 Å². The lowest BCUT2D eigenvalue weighted by atomic mass is 10.2. The molecule has 3 nitrogen and oxygen atoms in total. The number of aromatic nitrogens is 1. The SMILES string of the molecule is Cc1cc(Oc2cccc(CN)c2)ncc1Br. The Morgan fingerprint density at radius 2 is 2.18 bits per heavy atom. The summed E-state index contributed by atoms with van der Waals surface area (Å²) >= 11 is 3.40. The van der Waals surface area contributed by atoms with E-state index in [0.29, 0.717) is 12.4 Å². The van der Waals surface area contributed by atoms with E-state index < -0.39 is 0 Å². The fourth-order valence-corrected chi connectivity index (χ4v) is 1.64. The minimum absolute atomic E-state index is 0.504. The van der Waals surface area contributed by atoms with Gasteiger partial charge in [0.15, 0.2) is 0 Å². The second-order valence-corrected chi connectivity index (χ2v) is 4.58. The van der Waals surface area contributed by atoms with Gasteiger partial charge in [-0.1, -0.05) is 12.1 Å². The molecule has 0 atom stereocenters. The van der Waals surface area contributed by atoms with Crippen molar-refractivity contribution in [3.63, 3.8) is 0 Å². The molecule has 88 valence electrons. The molecule has 0 amide bonds. The van der Waals surface area contributed by atoms with Crippen LogP contribution in [0.1, 0.15) is 11.1 Å². The van der Waals surface area contributed by atoms with E-state index in [4.69, 9.17) is 10.5 Å². The van der Waals surface area contributed by atoms with Crippen LogP contribution in [0.15, 0.2) is 41.0 Å². The van der Waals surface area contributed by atoms with Gasteiger partial charge >= 0.3 is 0 Å². The van der Waals surface area contributed by atoms with Crippen LogP contribution < -0.4 is 10.5 Å². The average molecular weight is 293 g/mol. The van der Waals surface area contributed by atoms with Crippen molar-refractivity contribution in [3.05, 3.63) is 52.1 Å². The lowest BCUT2D eigenvalue weighted by Crippen LogP contribution is -1.96. The third-order valence-corrected chi connectivity index (χ3v) is 3.21. The summed E-state index contributed by atoms with van der Waals surface area (Å²) in [4.78, 5) is 4.19. The topological polar surface area (TPSA) is 48.1 Å². The summed E-state index contributed by atoms with van der Waals surface area (Å²) in [6.45, 7) is 2.50. The highest BCUT2D eigenvalue weighted by Crippen LogP contribution is 2.24. The van der Waals surface area contributed by atoms with Gasteiger partial charge in [0.25, 0.3) is 0 Å². The lowest BCUT2D eigenvalue weighted by molar-refractivity contribution is 0.461. The molecule has 0 saturated carbocycles. The second kappa shape index (κ2) is 5.29. The molecule has 2 aromatic rings. The van der Waals surface area contributed by atoms with Crippen molar-refractivity contribution in [2.24, 2.45) is 5.73 Å². The van der Waals surface area contributed by atoms with Gasteiger partial charge < -0.3 is 10.5 Å². The van der Waals surface area contributed by atoms with Crippen LogP contribution in [0.3, 0.4) is 0 Å². The molecule has 0 unspecified atom stereocenters. The molecular formula is C13H13BrN2O. The number of nitrogens with two attached hydrogens (primary N) is 1. The maximum absolute atomic E-state index is 5.67. The van der Waals surface area contributed by atoms with Gasteiger partial charge in [0, 0.05) is 23.3 Å². The van der Waals surface area contributed by atoms with Crippen molar-refractivity contribution >= 4 is 15.9 Å². The number of pyridine rings is 1. The van der Waals surface area contributed by atoms with Crippen molar-refractivity contribution in [1.29, 1.82) is 0 Å². The van der Waals surface area contributed by atoms with Crippen LogP contribution in [0.2, 0.25) is 0 Å². The molecule has 2 rings (SSSR count). The van der Waals surface area contributed by atoms with E-state index in [-0.39, 0.29) is 0 Å². The minimum atomic E-state index is 0.504. The maximum Gasteiger partial charge on any atom is 0.219 e. The molecule has 1 heterocycles. The molecule has 4 heteroatoms. The highest BCUT2D eigenvalue weighted by atomic mass is 79.9. The zero-order chi connectivity index (χ0) is 12.3. The number of hydrogen-bond donors (Lipinski definition) is 1. The Bertz CT molecular complexity index is 529. The molecule has 2 N–H and O–H groups in total. The molecule has 0 saturated heterocycles. The van der Waals surface area contributed by atoms with Crippen molar-refractivity contribution in [2.45, 2.75) is 13.5 Å². The molecule has 1 aromatic carbocycles. The number of ether oxygens (including phenoxy) is 1. The first-order chi connectivity index (χ1) is 8.19. The van der Waals surface area contributed by atoms with E-state index in [0.717, 1.165) is 21.3 Å². The van der Waals surface area contributed by atoms with Crippen LogP contribution in [-0.2, 0) is 6.54 Å². The summed E-state index contributed by atoms with van der Waals surface area (Å²) < 4.78 is 6.64. The molecule has 17 heavy (non-hydrogen) atoms. The Hall–Kier alpha value is -1.39.